The predicted octanol–water partition coefficient (Wildman–Crippen LogP) is 3.50. The van der Waals surface area contributed by atoms with Gasteiger partial charge in [-0.2, -0.15) is 5.10 Å². The van der Waals surface area contributed by atoms with Crippen molar-refractivity contribution in [2.75, 3.05) is 20.3 Å². The molecule has 0 aliphatic carbocycles. The standard InChI is InChI=1S/C19H24N4O2S/c1-14-5-9-26-18(14)11-22-7-4-17-15(10-22)19(16-12-25-13-20-16)21-23(17)6-3-8-24-2/h5,9,12-13H,3-4,6-8,10-11H2,1-2H3. The molecule has 7 heteroatoms. The molecule has 0 unspecified atom stereocenters. The molecule has 0 atom stereocenters. The van der Waals surface area contributed by atoms with E-state index in [9.17, 15) is 0 Å². The average Bonchev–Trinajstić information content (AvgIpc) is 3.37. The van der Waals surface area contributed by atoms with Crippen LogP contribution < -0.4 is 0 Å². The van der Waals surface area contributed by atoms with Crippen molar-refractivity contribution in [2.45, 2.75) is 39.4 Å². The smallest absolute Gasteiger partial charge is 0.181 e. The van der Waals surface area contributed by atoms with Crippen LogP contribution in [0.2, 0.25) is 0 Å². The van der Waals surface area contributed by atoms with Crippen molar-refractivity contribution in [2.24, 2.45) is 0 Å². The fraction of sp³-hybridized carbons (Fsp3) is 0.474. The Kier molecular flexibility index (Phi) is 5.19. The number of fused-ring (bicyclic) bond motifs is 1. The van der Waals surface area contributed by atoms with Crippen LogP contribution in [0, 0.1) is 6.92 Å². The van der Waals surface area contributed by atoms with E-state index in [1.54, 1.807) is 13.4 Å². The molecular formula is C19H24N4O2S. The van der Waals surface area contributed by atoms with Crippen molar-refractivity contribution < 1.29 is 9.15 Å². The first-order valence-corrected chi connectivity index (χ1v) is 9.85. The molecular weight excluding hydrogens is 348 g/mol. The zero-order chi connectivity index (χ0) is 17.9. The van der Waals surface area contributed by atoms with Gasteiger partial charge in [-0.3, -0.25) is 9.58 Å². The molecule has 138 valence electrons. The molecule has 0 amide bonds. The molecule has 0 saturated carbocycles. The van der Waals surface area contributed by atoms with Gasteiger partial charge >= 0.3 is 0 Å². The summed E-state index contributed by atoms with van der Waals surface area (Å²) in [4.78, 5) is 8.29. The van der Waals surface area contributed by atoms with E-state index >= 15 is 0 Å². The molecule has 4 heterocycles. The van der Waals surface area contributed by atoms with Crippen molar-refractivity contribution in [3.63, 3.8) is 0 Å². The second-order valence-corrected chi connectivity index (χ2v) is 7.71. The highest BCUT2D eigenvalue weighted by Gasteiger charge is 2.26. The van der Waals surface area contributed by atoms with Crippen molar-refractivity contribution in [1.82, 2.24) is 19.7 Å². The second-order valence-electron chi connectivity index (χ2n) is 6.70. The maximum Gasteiger partial charge on any atom is 0.181 e. The molecule has 0 aromatic carbocycles. The summed E-state index contributed by atoms with van der Waals surface area (Å²) >= 11 is 1.84. The number of nitrogens with zero attached hydrogens (tertiary/aromatic N) is 4. The summed E-state index contributed by atoms with van der Waals surface area (Å²) in [6, 6.07) is 2.20. The molecule has 4 rings (SSSR count). The van der Waals surface area contributed by atoms with Crippen LogP contribution in [0.4, 0.5) is 0 Å². The molecule has 0 saturated heterocycles. The van der Waals surface area contributed by atoms with Crippen LogP contribution in [-0.2, 0) is 30.8 Å². The van der Waals surface area contributed by atoms with Gasteiger partial charge in [0.05, 0.1) is 0 Å². The summed E-state index contributed by atoms with van der Waals surface area (Å²) in [5.74, 6) is 0. The Hall–Kier alpha value is -1.96. The van der Waals surface area contributed by atoms with Gasteiger partial charge in [0.25, 0.3) is 0 Å². The van der Waals surface area contributed by atoms with Crippen molar-refractivity contribution in [1.29, 1.82) is 0 Å². The molecule has 1 aliphatic rings. The molecule has 6 nitrogen and oxygen atoms in total. The molecule has 0 fully saturated rings. The first-order chi connectivity index (χ1) is 12.8. The maximum absolute atomic E-state index is 5.20. The van der Waals surface area contributed by atoms with Crippen molar-refractivity contribution in [3.05, 3.63) is 45.8 Å². The minimum absolute atomic E-state index is 0.748. The molecule has 0 bridgehead atoms. The van der Waals surface area contributed by atoms with Crippen molar-refractivity contribution >= 4 is 11.3 Å². The molecule has 1 aliphatic heterocycles. The Morgan fingerprint density at radius 3 is 3.04 bits per heavy atom. The van der Waals surface area contributed by atoms with Crippen LogP contribution in [-0.4, -0.2) is 39.9 Å². The molecule has 0 radical (unpaired) electrons. The second kappa shape index (κ2) is 7.73. The van der Waals surface area contributed by atoms with Crippen LogP contribution in [0.1, 0.15) is 28.1 Å². The third kappa shape index (κ3) is 3.47. The Labute approximate surface area is 157 Å². The Morgan fingerprint density at radius 2 is 2.31 bits per heavy atom. The highest BCUT2D eigenvalue weighted by molar-refractivity contribution is 7.10. The van der Waals surface area contributed by atoms with E-state index in [0.29, 0.717) is 0 Å². The summed E-state index contributed by atoms with van der Waals surface area (Å²) in [5.41, 5.74) is 5.78. The lowest BCUT2D eigenvalue weighted by molar-refractivity contribution is 0.188. The normalized spacial score (nSPS) is 14.7. The van der Waals surface area contributed by atoms with E-state index in [-0.39, 0.29) is 0 Å². The molecule has 3 aromatic heterocycles. The fourth-order valence-corrected chi connectivity index (χ4v) is 4.48. The van der Waals surface area contributed by atoms with E-state index in [2.05, 4.69) is 32.9 Å². The predicted molar refractivity (Wildman–Crippen MR) is 101 cm³/mol. The quantitative estimate of drug-likeness (QED) is 0.594. The number of hydrogen-bond donors (Lipinski definition) is 0. The number of methoxy groups -OCH3 is 1. The third-order valence-electron chi connectivity index (χ3n) is 4.94. The van der Waals surface area contributed by atoms with E-state index < -0.39 is 0 Å². The van der Waals surface area contributed by atoms with Crippen LogP contribution >= 0.6 is 11.3 Å². The van der Waals surface area contributed by atoms with E-state index in [1.807, 2.05) is 11.3 Å². The van der Waals surface area contributed by atoms with Gasteiger partial charge in [-0.15, -0.1) is 11.3 Å². The topological polar surface area (TPSA) is 56.3 Å². The van der Waals surface area contributed by atoms with E-state index in [1.165, 1.54) is 28.1 Å². The van der Waals surface area contributed by atoms with Crippen LogP contribution in [0.25, 0.3) is 11.4 Å². The number of rotatable bonds is 7. The number of aromatic nitrogens is 3. The largest absolute Gasteiger partial charge is 0.451 e. The Balaban J connectivity index is 1.60. The summed E-state index contributed by atoms with van der Waals surface area (Å²) in [7, 11) is 1.74. The monoisotopic (exact) mass is 372 g/mol. The minimum atomic E-state index is 0.748. The van der Waals surface area contributed by atoms with Gasteiger partial charge in [0.15, 0.2) is 6.39 Å². The number of oxazole rings is 1. The highest BCUT2D eigenvalue weighted by Crippen LogP contribution is 2.31. The SMILES string of the molecule is COCCCn1nc(-c2cocn2)c2c1CCN(Cc1sccc1C)C2. The summed E-state index contributed by atoms with van der Waals surface area (Å²) in [6.45, 7) is 6.76. The fourth-order valence-electron chi connectivity index (χ4n) is 3.53. The Bertz CT molecular complexity index is 853. The molecule has 3 aromatic rings. The lowest BCUT2D eigenvalue weighted by atomic mass is 10.0. The molecule has 0 spiro atoms. The minimum Gasteiger partial charge on any atom is -0.451 e. The first-order valence-electron chi connectivity index (χ1n) is 8.97. The van der Waals surface area contributed by atoms with Gasteiger partial charge in [-0.05, 0) is 30.4 Å². The van der Waals surface area contributed by atoms with Gasteiger partial charge in [0, 0.05) is 62.5 Å². The van der Waals surface area contributed by atoms with Gasteiger partial charge in [-0.25, -0.2) is 4.98 Å². The average molecular weight is 372 g/mol. The number of aryl methyl sites for hydroxylation is 2. The number of thiophene rings is 1. The van der Waals surface area contributed by atoms with Crippen LogP contribution in [0.3, 0.4) is 0 Å². The summed E-state index contributed by atoms with van der Waals surface area (Å²) in [6.07, 6.45) is 5.13. The van der Waals surface area contributed by atoms with Gasteiger partial charge < -0.3 is 9.15 Å². The molecule has 0 N–H and O–H groups in total. The zero-order valence-electron chi connectivity index (χ0n) is 15.3. The zero-order valence-corrected chi connectivity index (χ0v) is 16.1. The maximum atomic E-state index is 5.20. The van der Waals surface area contributed by atoms with Crippen LogP contribution in [0.5, 0.6) is 0 Å². The third-order valence-corrected chi connectivity index (χ3v) is 5.95. The first kappa shape index (κ1) is 17.5. The van der Waals surface area contributed by atoms with E-state index in [4.69, 9.17) is 14.3 Å². The highest BCUT2D eigenvalue weighted by atomic mass is 32.1. The van der Waals surface area contributed by atoms with Crippen molar-refractivity contribution in [3.8, 4) is 11.4 Å². The van der Waals surface area contributed by atoms with Gasteiger partial charge in [-0.1, -0.05) is 0 Å². The number of ether oxygens (including phenoxy) is 1. The lowest BCUT2D eigenvalue weighted by Crippen LogP contribution is -2.30. The Morgan fingerprint density at radius 1 is 1.38 bits per heavy atom. The number of hydrogen-bond acceptors (Lipinski definition) is 6. The lowest BCUT2D eigenvalue weighted by Gasteiger charge is -2.27. The van der Waals surface area contributed by atoms with Crippen LogP contribution in [0.15, 0.2) is 28.5 Å². The molecule has 26 heavy (non-hydrogen) atoms. The van der Waals surface area contributed by atoms with Gasteiger partial charge in [0.2, 0.25) is 0 Å². The van der Waals surface area contributed by atoms with Gasteiger partial charge in [0.1, 0.15) is 17.7 Å². The summed E-state index contributed by atoms with van der Waals surface area (Å²) in [5, 5.41) is 7.04. The summed E-state index contributed by atoms with van der Waals surface area (Å²) < 4.78 is 12.5. The van der Waals surface area contributed by atoms with E-state index in [0.717, 1.165) is 57.0 Å².